The van der Waals surface area contributed by atoms with E-state index < -0.39 is 0 Å². The molecule has 3 rings (SSSR count). The molecule has 0 aromatic heterocycles. The number of carbonyl (C=O) groups excluding carboxylic acids is 1. The Bertz CT molecular complexity index is 622. The third kappa shape index (κ3) is 1.87. The summed E-state index contributed by atoms with van der Waals surface area (Å²) in [7, 11) is 0. The van der Waals surface area contributed by atoms with E-state index in [2.05, 4.69) is 0 Å². The smallest absolute Gasteiger partial charge is 0.234 e. The quantitative estimate of drug-likeness (QED) is 0.835. The lowest BCUT2D eigenvalue weighted by Crippen LogP contribution is -2.27. The first-order valence-corrected chi connectivity index (χ1v) is 6.42. The summed E-state index contributed by atoms with van der Waals surface area (Å²) in [5.41, 5.74) is 9.74. The molecule has 1 unspecified atom stereocenters. The molecule has 2 N–H and O–H groups in total. The molecule has 1 heterocycles. The normalized spacial score (nSPS) is 17.6. The van der Waals surface area contributed by atoms with Crippen LogP contribution in [-0.4, -0.2) is 5.91 Å². The van der Waals surface area contributed by atoms with Crippen molar-refractivity contribution in [1.82, 2.24) is 0 Å². The second-order valence-electron chi connectivity index (χ2n) is 4.92. The van der Waals surface area contributed by atoms with Gasteiger partial charge in [-0.25, -0.2) is 0 Å². The van der Waals surface area contributed by atoms with Crippen molar-refractivity contribution in [2.45, 2.75) is 19.4 Å². The summed E-state index contributed by atoms with van der Waals surface area (Å²) in [6, 6.07) is 15.7. The van der Waals surface area contributed by atoms with E-state index in [1.54, 1.807) is 4.90 Å². The summed E-state index contributed by atoms with van der Waals surface area (Å²) in [6.45, 7) is 2.51. The van der Waals surface area contributed by atoms with Gasteiger partial charge in [-0.05, 0) is 24.1 Å². The molecule has 1 aliphatic heterocycles. The molecule has 3 nitrogen and oxygen atoms in total. The first kappa shape index (κ1) is 11.8. The highest BCUT2D eigenvalue weighted by atomic mass is 16.2. The van der Waals surface area contributed by atoms with Gasteiger partial charge < -0.3 is 10.6 Å². The molecule has 0 radical (unpaired) electrons. The highest BCUT2D eigenvalue weighted by Gasteiger charge is 2.35. The highest BCUT2D eigenvalue weighted by Crippen LogP contribution is 2.41. The van der Waals surface area contributed by atoms with Gasteiger partial charge in [-0.1, -0.05) is 42.5 Å². The number of benzene rings is 2. The SMILES string of the molecule is CC1C(=O)N(Cc2ccccc2)c2c(N)cccc21. The Labute approximate surface area is 112 Å². The maximum Gasteiger partial charge on any atom is 0.234 e. The topological polar surface area (TPSA) is 46.3 Å². The van der Waals surface area contributed by atoms with E-state index in [1.165, 1.54) is 0 Å². The van der Waals surface area contributed by atoms with Crippen molar-refractivity contribution in [3.63, 3.8) is 0 Å². The number of fused-ring (bicyclic) bond motifs is 1. The van der Waals surface area contributed by atoms with Crippen molar-refractivity contribution in [2.24, 2.45) is 0 Å². The summed E-state index contributed by atoms with van der Waals surface area (Å²) in [5, 5.41) is 0. The molecule has 19 heavy (non-hydrogen) atoms. The van der Waals surface area contributed by atoms with E-state index in [0.29, 0.717) is 12.2 Å². The first-order valence-electron chi connectivity index (χ1n) is 6.42. The van der Waals surface area contributed by atoms with Crippen molar-refractivity contribution in [3.8, 4) is 0 Å². The van der Waals surface area contributed by atoms with Gasteiger partial charge in [0, 0.05) is 0 Å². The number of nitrogen functional groups attached to an aromatic ring is 1. The molecule has 0 spiro atoms. The molecule has 0 saturated heterocycles. The Morgan fingerprint density at radius 3 is 2.58 bits per heavy atom. The van der Waals surface area contributed by atoms with Crippen LogP contribution in [0.1, 0.15) is 24.0 Å². The fourth-order valence-corrected chi connectivity index (χ4v) is 2.64. The molecule has 0 fully saturated rings. The zero-order valence-electron chi connectivity index (χ0n) is 10.8. The van der Waals surface area contributed by atoms with Crippen LogP contribution in [-0.2, 0) is 11.3 Å². The Balaban J connectivity index is 2.02. The van der Waals surface area contributed by atoms with Gasteiger partial charge in [0.05, 0.1) is 23.8 Å². The van der Waals surface area contributed by atoms with E-state index in [-0.39, 0.29) is 11.8 Å². The number of para-hydroxylation sites is 1. The summed E-state index contributed by atoms with van der Waals surface area (Å²) >= 11 is 0. The molecule has 2 aromatic carbocycles. The minimum absolute atomic E-state index is 0.109. The maximum atomic E-state index is 12.4. The third-order valence-electron chi connectivity index (χ3n) is 3.65. The van der Waals surface area contributed by atoms with Gasteiger partial charge in [-0.15, -0.1) is 0 Å². The number of nitrogens with two attached hydrogens (primary N) is 1. The van der Waals surface area contributed by atoms with Crippen LogP contribution in [0, 0.1) is 0 Å². The lowest BCUT2D eigenvalue weighted by atomic mass is 10.0. The molecule has 0 saturated carbocycles. The lowest BCUT2D eigenvalue weighted by Gasteiger charge is -2.19. The van der Waals surface area contributed by atoms with Gasteiger partial charge in [-0.3, -0.25) is 4.79 Å². The zero-order chi connectivity index (χ0) is 13.4. The average molecular weight is 252 g/mol. The number of hydrogen-bond donors (Lipinski definition) is 1. The maximum absolute atomic E-state index is 12.4. The molecule has 1 atom stereocenters. The highest BCUT2D eigenvalue weighted by molar-refractivity contribution is 6.07. The van der Waals surface area contributed by atoms with E-state index in [4.69, 9.17) is 5.73 Å². The second-order valence-corrected chi connectivity index (χ2v) is 4.92. The predicted octanol–water partition coefficient (Wildman–Crippen LogP) is 2.92. The van der Waals surface area contributed by atoms with Crippen LogP contribution >= 0.6 is 0 Å². The summed E-state index contributed by atoms with van der Waals surface area (Å²) in [5.74, 6) is 0.0129. The Hall–Kier alpha value is -2.29. The van der Waals surface area contributed by atoms with Crippen molar-refractivity contribution >= 4 is 17.3 Å². The number of amides is 1. The minimum Gasteiger partial charge on any atom is -0.397 e. The first-order chi connectivity index (χ1) is 9.18. The second kappa shape index (κ2) is 4.43. The predicted molar refractivity (Wildman–Crippen MR) is 76.9 cm³/mol. The monoisotopic (exact) mass is 252 g/mol. The van der Waals surface area contributed by atoms with Crippen molar-refractivity contribution in [3.05, 3.63) is 59.7 Å². The number of nitrogens with zero attached hydrogens (tertiary/aromatic N) is 1. The molecule has 1 amide bonds. The molecule has 96 valence electrons. The minimum atomic E-state index is -0.109. The van der Waals surface area contributed by atoms with Crippen molar-refractivity contribution in [1.29, 1.82) is 0 Å². The van der Waals surface area contributed by atoms with Gasteiger partial charge in [0.15, 0.2) is 0 Å². The summed E-state index contributed by atoms with van der Waals surface area (Å²) in [6.07, 6.45) is 0. The van der Waals surface area contributed by atoms with Crippen molar-refractivity contribution in [2.75, 3.05) is 10.6 Å². The molecule has 2 aromatic rings. The fourth-order valence-electron chi connectivity index (χ4n) is 2.64. The van der Waals surface area contributed by atoms with Crippen LogP contribution in [0.3, 0.4) is 0 Å². The zero-order valence-corrected chi connectivity index (χ0v) is 10.8. The van der Waals surface area contributed by atoms with Gasteiger partial charge in [-0.2, -0.15) is 0 Å². The summed E-state index contributed by atoms with van der Waals surface area (Å²) < 4.78 is 0. The average Bonchev–Trinajstić information content (AvgIpc) is 2.67. The van der Waals surface area contributed by atoms with E-state index in [9.17, 15) is 4.79 Å². The van der Waals surface area contributed by atoms with Crippen LogP contribution in [0.2, 0.25) is 0 Å². The number of rotatable bonds is 2. The number of hydrogen-bond acceptors (Lipinski definition) is 2. The Kier molecular flexibility index (Phi) is 2.75. The molecule has 0 bridgehead atoms. The molecule has 0 aliphatic carbocycles. The summed E-state index contributed by atoms with van der Waals surface area (Å²) in [4.78, 5) is 14.2. The van der Waals surface area contributed by atoms with Gasteiger partial charge in [0.25, 0.3) is 0 Å². The Morgan fingerprint density at radius 1 is 1.11 bits per heavy atom. The van der Waals surface area contributed by atoms with Crippen molar-refractivity contribution < 1.29 is 4.79 Å². The molecular weight excluding hydrogens is 236 g/mol. The van der Waals surface area contributed by atoms with Gasteiger partial charge in [0.2, 0.25) is 5.91 Å². The Morgan fingerprint density at radius 2 is 1.84 bits per heavy atom. The van der Waals surface area contributed by atoms with Crippen LogP contribution in [0.4, 0.5) is 11.4 Å². The molecule has 3 heteroatoms. The fraction of sp³-hybridized carbons (Fsp3) is 0.188. The largest absolute Gasteiger partial charge is 0.397 e. The van der Waals surface area contributed by atoms with Crippen LogP contribution in [0.15, 0.2) is 48.5 Å². The van der Waals surface area contributed by atoms with Gasteiger partial charge >= 0.3 is 0 Å². The number of carbonyl (C=O) groups is 1. The molecule has 1 aliphatic rings. The van der Waals surface area contributed by atoms with Crippen LogP contribution < -0.4 is 10.6 Å². The lowest BCUT2D eigenvalue weighted by molar-refractivity contribution is -0.119. The van der Waals surface area contributed by atoms with Gasteiger partial charge in [0.1, 0.15) is 0 Å². The molecular formula is C16H16N2O. The van der Waals surface area contributed by atoms with Crippen LogP contribution in [0.25, 0.3) is 0 Å². The van der Waals surface area contributed by atoms with E-state index in [1.807, 2.05) is 55.5 Å². The van der Waals surface area contributed by atoms with E-state index in [0.717, 1.165) is 16.8 Å². The van der Waals surface area contributed by atoms with Crippen LogP contribution in [0.5, 0.6) is 0 Å². The number of anilines is 2. The standard InChI is InChI=1S/C16H16N2O/c1-11-13-8-5-9-14(17)15(13)18(16(11)19)10-12-6-3-2-4-7-12/h2-9,11H,10,17H2,1H3. The third-order valence-corrected chi connectivity index (χ3v) is 3.65. The van der Waals surface area contributed by atoms with E-state index >= 15 is 0 Å².